The highest BCUT2D eigenvalue weighted by Gasteiger charge is 2.09. The molecule has 0 saturated heterocycles. The van der Waals surface area contributed by atoms with Crippen LogP contribution in [-0.2, 0) is 0 Å². The predicted octanol–water partition coefficient (Wildman–Crippen LogP) is 4.12. The van der Waals surface area contributed by atoms with Crippen molar-refractivity contribution < 1.29 is 0 Å². The quantitative estimate of drug-likeness (QED) is 0.822. The van der Waals surface area contributed by atoms with E-state index in [0.29, 0.717) is 0 Å². The molecule has 2 nitrogen and oxygen atoms in total. The van der Waals surface area contributed by atoms with E-state index in [1.165, 1.54) is 0 Å². The number of hydrogen-bond acceptors (Lipinski definition) is 2. The van der Waals surface area contributed by atoms with Crippen molar-refractivity contribution in [2.45, 2.75) is 6.42 Å². The normalized spacial score (nSPS) is 11.9. The molecule has 0 aliphatic rings. The third-order valence-corrected chi connectivity index (χ3v) is 3.36. The molecular weight excluding hydrogens is 268 g/mol. The van der Waals surface area contributed by atoms with E-state index >= 15 is 0 Å². The summed E-state index contributed by atoms with van der Waals surface area (Å²) in [5.41, 5.74) is 3.09. The van der Waals surface area contributed by atoms with Crippen LogP contribution in [-0.4, -0.2) is 30.5 Å². The van der Waals surface area contributed by atoms with Crippen LogP contribution in [0.25, 0.3) is 5.57 Å². The summed E-state index contributed by atoms with van der Waals surface area (Å²) in [6, 6.07) is 13.8. The van der Waals surface area contributed by atoms with E-state index in [0.717, 1.165) is 34.8 Å². The SMILES string of the molecule is CN(C)CC/C=C(/c1ccccn1)c1ccccc1Cl. The maximum absolute atomic E-state index is 6.33. The molecule has 0 amide bonds. The second kappa shape index (κ2) is 7.22. The molecule has 0 unspecified atom stereocenters. The third-order valence-electron chi connectivity index (χ3n) is 3.03. The van der Waals surface area contributed by atoms with Gasteiger partial charge in [0.05, 0.1) is 5.69 Å². The summed E-state index contributed by atoms with van der Waals surface area (Å²) >= 11 is 6.33. The molecule has 2 rings (SSSR count). The summed E-state index contributed by atoms with van der Waals surface area (Å²) in [5.74, 6) is 0. The monoisotopic (exact) mass is 286 g/mol. The van der Waals surface area contributed by atoms with Gasteiger partial charge in [-0.2, -0.15) is 0 Å². The number of benzene rings is 1. The first kappa shape index (κ1) is 14.8. The first-order valence-electron chi connectivity index (χ1n) is 6.69. The third kappa shape index (κ3) is 3.92. The Hall–Kier alpha value is -1.64. The van der Waals surface area contributed by atoms with Gasteiger partial charge in [0, 0.05) is 28.9 Å². The molecule has 0 saturated carbocycles. The number of aromatic nitrogens is 1. The Morgan fingerprint density at radius 1 is 1.15 bits per heavy atom. The van der Waals surface area contributed by atoms with E-state index in [-0.39, 0.29) is 0 Å². The zero-order valence-corrected chi connectivity index (χ0v) is 12.6. The summed E-state index contributed by atoms with van der Waals surface area (Å²) < 4.78 is 0. The minimum absolute atomic E-state index is 0.759. The second-order valence-corrected chi connectivity index (χ2v) is 5.31. The van der Waals surface area contributed by atoms with Gasteiger partial charge in [-0.05, 0) is 38.7 Å². The molecule has 0 atom stereocenters. The van der Waals surface area contributed by atoms with Crippen LogP contribution >= 0.6 is 11.6 Å². The average Bonchev–Trinajstić information content (AvgIpc) is 2.45. The van der Waals surface area contributed by atoms with Gasteiger partial charge in [-0.1, -0.05) is 41.9 Å². The molecule has 104 valence electrons. The van der Waals surface area contributed by atoms with Crippen LogP contribution in [0.4, 0.5) is 0 Å². The molecule has 0 radical (unpaired) electrons. The Labute approximate surface area is 125 Å². The summed E-state index contributed by atoms with van der Waals surface area (Å²) in [4.78, 5) is 6.62. The fraction of sp³-hybridized carbons (Fsp3) is 0.235. The lowest BCUT2D eigenvalue weighted by atomic mass is 10.0. The molecule has 0 bridgehead atoms. The van der Waals surface area contributed by atoms with Gasteiger partial charge in [-0.25, -0.2) is 0 Å². The van der Waals surface area contributed by atoms with Crippen LogP contribution in [0, 0.1) is 0 Å². The van der Waals surface area contributed by atoms with Gasteiger partial charge in [0.1, 0.15) is 0 Å². The summed E-state index contributed by atoms with van der Waals surface area (Å²) in [6.45, 7) is 1.00. The Kier molecular flexibility index (Phi) is 5.33. The second-order valence-electron chi connectivity index (χ2n) is 4.90. The molecule has 0 N–H and O–H groups in total. The van der Waals surface area contributed by atoms with Gasteiger partial charge in [0.2, 0.25) is 0 Å². The summed E-state index contributed by atoms with van der Waals surface area (Å²) in [6.07, 6.45) is 4.99. The van der Waals surface area contributed by atoms with Crippen LogP contribution in [0.1, 0.15) is 17.7 Å². The maximum Gasteiger partial charge on any atom is 0.0705 e. The van der Waals surface area contributed by atoms with Gasteiger partial charge in [0.15, 0.2) is 0 Å². The molecular formula is C17H19ClN2. The Morgan fingerprint density at radius 3 is 2.55 bits per heavy atom. The summed E-state index contributed by atoms with van der Waals surface area (Å²) in [7, 11) is 4.15. The number of rotatable bonds is 5. The minimum Gasteiger partial charge on any atom is -0.309 e. The Morgan fingerprint density at radius 2 is 1.90 bits per heavy atom. The lowest BCUT2D eigenvalue weighted by Gasteiger charge is -2.11. The van der Waals surface area contributed by atoms with Gasteiger partial charge in [0.25, 0.3) is 0 Å². The Balaban J connectivity index is 2.37. The van der Waals surface area contributed by atoms with Crippen molar-refractivity contribution in [2.24, 2.45) is 0 Å². The van der Waals surface area contributed by atoms with Crippen molar-refractivity contribution in [1.29, 1.82) is 0 Å². The van der Waals surface area contributed by atoms with Crippen molar-refractivity contribution >= 4 is 17.2 Å². The number of hydrogen-bond donors (Lipinski definition) is 0. The largest absolute Gasteiger partial charge is 0.309 e. The molecule has 0 fully saturated rings. The zero-order valence-electron chi connectivity index (χ0n) is 11.9. The standard InChI is InChI=1S/C17H19ClN2/c1-20(2)13-7-9-15(17-11-5-6-12-19-17)14-8-3-4-10-16(14)18/h3-6,8-12H,7,13H2,1-2H3/b15-9+. The number of pyridine rings is 1. The van der Waals surface area contributed by atoms with E-state index in [2.05, 4.69) is 30.1 Å². The Bertz CT molecular complexity index is 577. The predicted molar refractivity (Wildman–Crippen MR) is 85.9 cm³/mol. The molecule has 1 aromatic heterocycles. The van der Waals surface area contributed by atoms with Crippen LogP contribution in [0.3, 0.4) is 0 Å². The van der Waals surface area contributed by atoms with Crippen LogP contribution in [0.2, 0.25) is 5.02 Å². The number of nitrogens with zero attached hydrogens (tertiary/aromatic N) is 2. The topological polar surface area (TPSA) is 16.1 Å². The van der Waals surface area contributed by atoms with Crippen LogP contribution in [0.15, 0.2) is 54.7 Å². The molecule has 1 aromatic carbocycles. The first-order chi connectivity index (χ1) is 9.68. The highest BCUT2D eigenvalue weighted by atomic mass is 35.5. The molecule has 0 spiro atoms. The van der Waals surface area contributed by atoms with E-state index < -0.39 is 0 Å². The lowest BCUT2D eigenvalue weighted by Crippen LogP contribution is -2.12. The van der Waals surface area contributed by atoms with Gasteiger partial charge < -0.3 is 4.90 Å². The highest BCUT2D eigenvalue weighted by Crippen LogP contribution is 2.28. The fourth-order valence-electron chi connectivity index (χ4n) is 2.02. The van der Waals surface area contributed by atoms with Crippen molar-refractivity contribution in [3.63, 3.8) is 0 Å². The molecule has 0 aliphatic carbocycles. The van der Waals surface area contributed by atoms with E-state index in [1.807, 2.05) is 48.7 Å². The molecule has 20 heavy (non-hydrogen) atoms. The van der Waals surface area contributed by atoms with Crippen molar-refractivity contribution in [2.75, 3.05) is 20.6 Å². The van der Waals surface area contributed by atoms with Crippen LogP contribution < -0.4 is 0 Å². The van der Waals surface area contributed by atoms with Gasteiger partial charge in [-0.3, -0.25) is 4.98 Å². The van der Waals surface area contributed by atoms with Crippen molar-refractivity contribution in [3.8, 4) is 0 Å². The highest BCUT2D eigenvalue weighted by molar-refractivity contribution is 6.32. The van der Waals surface area contributed by atoms with Crippen LogP contribution in [0.5, 0.6) is 0 Å². The fourth-order valence-corrected chi connectivity index (χ4v) is 2.26. The molecule has 2 aromatic rings. The van der Waals surface area contributed by atoms with Gasteiger partial charge in [-0.15, -0.1) is 0 Å². The smallest absolute Gasteiger partial charge is 0.0705 e. The average molecular weight is 287 g/mol. The molecule has 1 heterocycles. The van der Waals surface area contributed by atoms with E-state index in [9.17, 15) is 0 Å². The van der Waals surface area contributed by atoms with E-state index in [1.54, 1.807) is 0 Å². The first-order valence-corrected chi connectivity index (χ1v) is 7.07. The van der Waals surface area contributed by atoms with Crippen molar-refractivity contribution in [1.82, 2.24) is 9.88 Å². The lowest BCUT2D eigenvalue weighted by molar-refractivity contribution is 0.417. The molecule has 0 aliphatic heterocycles. The molecule has 3 heteroatoms. The van der Waals surface area contributed by atoms with E-state index in [4.69, 9.17) is 11.6 Å². The maximum atomic E-state index is 6.33. The van der Waals surface area contributed by atoms with Gasteiger partial charge >= 0.3 is 0 Å². The minimum atomic E-state index is 0.759. The zero-order chi connectivity index (χ0) is 14.4. The summed E-state index contributed by atoms with van der Waals surface area (Å²) in [5, 5.41) is 0.759. The van der Waals surface area contributed by atoms with Crippen molar-refractivity contribution in [3.05, 3.63) is 71.0 Å². The number of halogens is 1.